The molecule has 2 N–H and O–H groups in total. The fourth-order valence-electron chi connectivity index (χ4n) is 3.28. The van der Waals surface area contributed by atoms with E-state index in [9.17, 15) is 10.1 Å². The second-order valence-corrected chi connectivity index (χ2v) is 7.86. The van der Waals surface area contributed by atoms with E-state index in [1.165, 1.54) is 51.1 Å². The van der Waals surface area contributed by atoms with Crippen LogP contribution < -0.4 is 10.6 Å². The number of thioether (sulfide) groups is 1. The zero-order chi connectivity index (χ0) is 17.7. The van der Waals surface area contributed by atoms with Crippen molar-refractivity contribution in [2.45, 2.75) is 76.7 Å². The van der Waals surface area contributed by atoms with Gasteiger partial charge in [0.2, 0.25) is 0 Å². The Kier molecular flexibility index (Phi) is 9.50. The minimum absolute atomic E-state index is 0.126. The highest BCUT2D eigenvalue weighted by molar-refractivity contribution is 8.14. The lowest BCUT2D eigenvalue weighted by Gasteiger charge is -2.19. The lowest BCUT2D eigenvalue weighted by Crippen LogP contribution is -2.36. The van der Waals surface area contributed by atoms with Gasteiger partial charge in [0.05, 0.1) is 6.54 Å². The molecule has 2 aliphatic rings. The highest BCUT2D eigenvalue weighted by atomic mass is 32.2. The van der Waals surface area contributed by atoms with Crippen LogP contribution in [0.5, 0.6) is 0 Å². The molecule has 138 valence electrons. The van der Waals surface area contributed by atoms with Crippen LogP contribution in [0, 0.1) is 11.3 Å². The van der Waals surface area contributed by atoms with Crippen molar-refractivity contribution in [2.75, 3.05) is 12.3 Å². The average molecular weight is 363 g/mol. The average Bonchev–Trinajstić information content (AvgIpc) is 3.11. The lowest BCUT2D eigenvalue weighted by atomic mass is 9.98. The normalized spacial score (nSPS) is 21.4. The number of rotatable bonds is 3. The van der Waals surface area contributed by atoms with Crippen molar-refractivity contribution in [1.82, 2.24) is 10.6 Å². The van der Waals surface area contributed by atoms with Crippen LogP contribution in [0.1, 0.15) is 70.6 Å². The number of hydrogen-bond acceptors (Lipinski definition) is 5. The maximum absolute atomic E-state index is 12.4. The van der Waals surface area contributed by atoms with Gasteiger partial charge in [-0.2, -0.15) is 5.26 Å². The summed E-state index contributed by atoms with van der Waals surface area (Å²) in [6.07, 6.45) is 15.0. The third-order valence-corrected chi connectivity index (χ3v) is 5.64. The molecule has 0 unspecified atom stereocenters. The first-order valence-electron chi connectivity index (χ1n) is 9.64. The maximum atomic E-state index is 12.4. The van der Waals surface area contributed by atoms with Crippen LogP contribution >= 0.6 is 11.8 Å². The van der Waals surface area contributed by atoms with Crippen LogP contribution in [0.2, 0.25) is 0 Å². The van der Waals surface area contributed by atoms with Crippen LogP contribution in [0.3, 0.4) is 0 Å². The van der Waals surface area contributed by atoms with Crippen molar-refractivity contribution in [3.05, 3.63) is 11.8 Å². The van der Waals surface area contributed by atoms with E-state index >= 15 is 0 Å². The summed E-state index contributed by atoms with van der Waals surface area (Å²) in [5.41, 5.74) is 0.126. The van der Waals surface area contributed by atoms with Gasteiger partial charge in [-0.3, -0.25) is 9.79 Å². The molecule has 1 heterocycles. The number of carbonyl (C=O) groups excluding carboxylic acids is 1. The molecule has 5 nitrogen and oxygen atoms in total. The Morgan fingerprint density at radius 1 is 1.08 bits per heavy atom. The fraction of sp³-hybridized carbons (Fsp3) is 0.737. The van der Waals surface area contributed by atoms with Gasteiger partial charge in [-0.1, -0.05) is 69.5 Å². The Morgan fingerprint density at radius 2 is 1.68 bits per heavy atom. The van der Waals surface area contributed by atoms with Gasteiger partial charge in [-0.15, -0.1) is 0 Å². The first-order valence-corrected chi connectivity index (χ1v) is 10.6. The molecule has 1 aliphatic carbocycles. The largest absolute Gasteiger partial charge is 0.349 e. The molecule has 0 saturated heterocycles. The van der Waals surface area contributed by atoms with E-state index in [0.717, 1.165) is 43.1 Å². The van der Waals surface area contributed by atoms with E-state index in [1.807, 2.05) is 6.07 Å². The first kappa shape index (κ1) is 19.8. The smallest absolute Gasteiger partial charge is 0.263 e. The van der Waals surface area contributed by atoms with Gasteiger partial charge in [0, 0.05) is 18.0 Å². The number of nitrogens with one attached hydrogen (secondary N) is 2. The third-order valence-electron chi connectivity index (χ3n) is 4.73. The predicted molar refractivity (Wildman–Crippen MR) is 104 cm³/mol. The van der Waals surface area contributed by atoms with Crippen LogP contribution in [-0.2, 0) is 4.79 Å². The Labute approximate surface area is 155 Å². The Bertz CT molecular complexity index is 512. The Hall–Kier alpha value is -1.48. The second kappa shape index (κ2) is 12.0. The summed E-state index contributed by atoms with van der Waals surface area (Å²) >= 11 is 1.61. The van der Waals surface area contributed by atoms with Crippen molar-refractivity contribution < 1.29 is 4.79 Å². The SMILES string of the molecule is N#C/C(=C/NC1=NCCS1)C(=O)NC1CCCCCCCCCCC1. The van der Waals surface area contributed by atoms with Crippen molar-refractivity contribution in [3.8, 4) is 6.07 Å². The number of amides is 1. The standard InChI is InChI=1S/C19H30N4OS/c20-14-16(15-22-19-21-12-13-25-19)18(24)23-17-10-8-6-4-2-1-3-5-7-9-11-17/h15,17H,1-13H2,(H,21,22)(H,23,24)/b16-15-. The maximum Gasteiger partial charge on any atom is 0.263 e. The molecule has 0 aromatic carbocycles. The molecule has 0 atom stereocenters. The Balaban J connectivity index is 1.85. The van der Waals surface area contributed by atoms with Crippen molar-refractivity contribution >= 4 is 22.8 Å². The molecule has 2 rings (SSSR count). The molecule has 0 aromatic heterocycles. The molecule has 1 aliphatic heterocycles. The molecule has 25 heavy (non-hydrogen) atoms. The first-order chi connectivity index (χ1) is 12.3. The predicted octanol–water partition coefficient (Wildman–Crippen LogP) is 3.88. The van der Waals surface area contributed by atoms with E-state index in [4.69, 9.17) is 0 Å². The summed E-state index contributed by atoms with van der Waals surface area (Å²) in [7, 11) is 0. The molecular weight excluding hydrogens is 332 g/mol. The highest BCUT2D eigenvalue weighted by Gasteiger charge is 2.16. The number of carbonyl (C=O) groups is 1. The number of hydrogen-bond donors (Lipinski definition) is 2. The molecule has 6 heteroatoms. The number of nitriles is 1. The summed E-state index contributed by atoms with van der Waals surface area (Å²) in [6.45, 7) is 0.789. The van der Waals surface area contributed by atoms with Crippen molar-refractivity contribution in [3.63, 3.8) is 0 Å². The van der Waals surface area contributed by atoms with Crippen molar-refractivity contribution in [1.29, 1.82) is 5.26 Å². The van der Waals surface area contributed by atoms with Crippen molar-refractivity contribution in [2.24, 2.45) is 4.99 Å². The second-order valence-electron chi connectivity index (χ2n) is 6.78. The highest BCUT2D eigenvalue weighted by Crippen LogP contribution is 2.17. The molecule has 1 fully saturated rings. The van der Waals surface area contributed by atoms with Crippen LogP contribution in [0.25, 0.3) is 0 Å². The van der Waals surface area contributed by atoms with Crippen LogP contribution in [-0.4, -0.2) is 29.4 Å². The molecule has 1 saturated carbocycles. The summed E-state index contributed by atoms with van der Waals surface area (Å²) in [5.74, 6) is 0.683. The van der Waals surface area contributed by atoms with E-state index < -0.39 is 0 Å². The van der Waals surface area contributed by atoms with E-state index in [1.54, 1.807) is 11.8 Å². The van der Waals surface area contributed by atoms with Gasteiger partial charge < -0.3 is 10.6 Å². The third kappa shape index (κ3) is 7.96. The Morgan fingerprint density at radius 3 is 2.20 bits per heavy atom. The zero-order valence-corrected chi connectivity index (χ0v) is 15.9. The molecular formula is C19H30N4OS. The summed E-state index contributed by atoms with van der Waals surface area (Å²) in [4.78, 5) is 16.7. The van der Waals surface area contributed by atoms with Gasteiger partial charge in [0.15, 0.2) is 5.17 Å². The van der Waals surface area contributed by atoms with Gasteiger partial charge in [0.25, 0.3) is 5.91 Å². The summed E-state index contributed by atoms with van der Waals surface area (Å²) in [5, 5.41) is 16.1. The molecule has 0 bridgehead atoms. The summed E-state index contributed by atoms with van der Waals surface area (Å²) in [6, 6.07) is 2.19. The van der Waals surface area contributed by atoms with E-state index in [2.05, 4.69) is 15.6 Å². The molecule has 1 amide bonds. The van der Waals surface area contributed by atoms with E-state index in [-0.39, 0.29) is 17.5 Å². The number of nitrogens with zero attached hydrogens (tertiary/aromatic N) is 2. The quantitative estimate of drug-likeness (QED) is 0.590. The minimum atomic E-state index is -0.268. The monoisotopic (exact) mass is 362 g/mol. The van der Waals surface area contributed by atoms with Gasteiger partial charge in [-0.05, 0) is 12.8 Å². The fourth-order valence-corrected chi connectivity index (χ4v) is 3.98. The number of amidine groups is 1. The minimum Gasteiger partial charge on any atom is -0.349 e. The molecule has 0 aromatic rings. The lowest BCUT2D eigenvalue weighted by molar-refractivity contribution is -0.117. The van der Waals surface area contributed by atoms with Crippen LogP contribution in [0.4, 0.5) is 0 Å². The number of aliphatic imine (C=N–C) groups is 1. The molecule has 0 radical (unpaired) electrons. The molecule has 0 spiro atoms. The zero-order valence-electron chi connectivity index (χ0n) is 15.1. The van der Waals surface area contributed by atoms with Gasteiger partial charge in [-0.25, -0.2) is 0 Å². The van der Waals surface area contributed by atoms with E-state index in [0.29, 0.717) is 0 Å². The topological polar surface area (TPSA) is 77.3 Å². The van der Waals surface area contributed by atoms with Gasteiger partial charge >= 0.3 is 0 Å². The van der Waals surface area contributed by atoms with Gasteiger partial charge in [0.1, 0.15) is 11.6 Å². The summed E-state index contributed by atoms with van der Waals surface area (Å²) < 4.78 is 0. The van der Waals surface area contributed by atoms with Crippen LogP contribution in [0.15, 0.2) is 16.8 Å².